The van der Waals surface area contributed by atoms with E-state index >= 15 is 0 Å². The zero-order chi connectivity index (χ0) is 23.3. The number of aliphatic hydroxyl groups is 1. The molecule has 7 fully saturated rings. The predicted octanol–water partition coefficient (Wildman–Crippen LogP) is 0.324. The molecule has 6 bridgehead atoms. The lowest BCUT2D eigenvalue weighted by Gasteiger charge is -2.54. The fourth-order valence-corrected chi connectivity index (χ4v) is 8.54. The molecule has 0 aromatic heterocycles. The fraction of sp³-hybridized carbons (Fsp3) is 0.864. The van der Waals surface area contributed by atoms with E-state index in [1.807, 2.05) is 0 Å². The second-order valence-electron chi connectivity index (χ2n) is 11.0. The molecule has 11 heteroatoms. The third kappa shape index (κ3) is 3.30. The molecule has 6 saturated carbocycles. The summed E-state index contributed by atoms with van der Waals surface area (Å²) in [6.45, 7) is -0.496. The van der Waals surface area contributed by atoms with Crippen LogP contribution < -0.4 is 0 Å². The first-order chi connectivity index (χ1) is 15.6. The monoisotopic (exact) mass is 484 g/mol. The van der Waals surface area contributed by atoms with Crippen molar-refractivity contribution >= 4 is 27.8 Å². The predicted molar refractivity (Wildman–Crippen MR) is 108 cm³/mol. The number of fused-ring (bicyclic) bond motifs is 1. The average molecular weight is 485 g/mol. The van der Waals surface area contributed by atoms with Crippen molar-refractivity contribution in [2.24, 2.45) is 46.8 Å². The molecule has 7 rings (SSSR count). The Hall–Kier alpha value is -1.56. The summed E-state index contributed by atoms with van der Waals surface area (Å²) in [5.41, 5.74) is -0.658. The largest absolute Gasteiger partial charge is 0.464 e. The summed E-state index contributed by atoms with van der Waals surface area (Å²) in [7, 11) is -4.27. The van der Waals surface area contributed by atoms with Crippen molar-refractivity contribution in [3.8, 4) is 0 Å². The number of Topliss-reactive ketones (excluding diaryl/α,β-unsaturated/α-hetero) is 1. The average Bonchev–Trinajstić information content (AvgIpc) is 3.34. The van der Waals surface area contributed by atoms with Crippen LogP contribution in [0.25, 0.3) is 0 Å². The van der Waals surface area contributed by atoms with E-state index in [0.29, 0.717) is 25.2 Å². The number of hydrogen-bond acceptors (Lipinski definition) is 9. The van der Waals surface area contributed by atoms with Crippen LogP contribution in [0, 0.1) is 46.8 Å². The zero-order valence-corrected chi connectivity index (χ0v) is 18.8. The van der Waals surface area contributed by atoms with Gasteiger partial charge in [0, 0.05) is 23.7 Å². The van der Waals surface area contributed by atoms with Gasteiger partial charge in [-0.3, -0.25) is 18.9 Å². The number of carbonyl (C=O) groups is 3. The fourth-order valence-electron chi connectivity index (χ4n) is 8.24. The molecule has 33 heavy (non-hydrogen) atoms. The van der Waals surface area contributed by atoms with Crippen LogP contribution in [0.2, 0.25) is 0 Å². The van der Waals surface area contributed by atoms with Gasteiger partial charge in [0.25, 0.3) is 10.1 Å². The second-order valence-corrected chi connectivity index (χ2v) is 12.6. The molecule has 6 aliphatic carbocycles. The lowest BCUT2D eigenvalue weighted by Crippen LogP contribution is -2.56. The quantitative estimate of drug-likeness (QED) is 0.398. The highest BCUT2D eigenvalue weighted by Gasteiger charge is 2.70. The molecular weight excluding hydrogens is 456 g/mol. The molecule has 0 spiro atoms. The van der Waals surface area contributed by atoms with Gasteiger partial charge in [0.1, 0.15) is 30.4 Å². The summed E-state index contributed by atoms with van der Waals surface area (Å²) in [5.74, 6) is -3.01. The summed E-state index contributed by atoms with van der Waals surface area (Å²) in [6.07, 6.45) is 1.66. The van der Waals surface area contributed by atoms with Gasteiger partial charge in [-0.05, 0) is 50.4 Å². The summed E-state index contributed by atoms with van der Waals surface area (Å²) in [5, 5.41) is 10.4. The van der Waals surface area contributed by atoms with Crippen molar-refractivity contribution < 1.29 is 46.7 Å². The van der Waals surface area contributed by atoms with Gasteiger partial charge in [-0.15, -0.1) is 0 Å². The van der Waals surface area contributed by atoms with Crippen LogP contribution in [-0.2, 0) is 38.7 Å². The maximum absolute atomic E-state index is 13.5. The lowest BCUT2D eigenvalue weighted by molar-refractivity contribution is -0.190. The topological polar surface area (TPSA) is 154 Å². The highest BCUT2D eigenvalue weighted by molar-refractivity contribution is 7.85. The van der Waals surface area contributed by atoms with Gasteiger partial charge in [0.15, 0.2) is 6.29 Å². The minimum Gasteiger partial charge on any atom is -0.464 e. The molecule has 9 atom stereocenters. The van der Waals surface area contributed by atoms with Crippen molar-refractivity contribution in [2.75, 3.05) is 12.4 Å². The van der Waals surface area contributed by atoms with E-state index in [4.69, 9.17) is 18.8 Å². The van der Waals surface area contributed by atoms with Gasteiger partial charge in [0.2, 0.25) is 0 Å². The number of esters is 2. The van der Waals surface area contributed by atoms with Gasteiger partial charge < -0.3 is 19.3 Å². The highest BCUT2D eigenvalue weighted by atomic mass is 32.2. The molecular formula is C22H28O10S. The van der Waals surface area contributed by atoms with E-state index in [-0.39, 0.29) is 35.4 Å². The van der Waals surface area contributed by atoms with E-state index in [1.165, 1.54) is 0 Å². The third-order valence-electron chi connectivity index (χ3n) is 9.24. The molecule has 1 saturated heterocycles. The molecule has 10 nitrogen and oxygen atoms in total. The molecule has 2 N–H and O–H groups in total. The second kappa shape index (κ2) is 7.22. The van der Waals surface area contributed by atoms with Crippen molar-refractivity contribution in [3.05, 3.63) is 0 Å². The molecule has 0 aromatic rings. The maximum Gasteiger partial charge on any atom is 0.312 e. The Bertz CT molecular complexity index is 989. The van der Waals surface area contributed by atoms with Crippen LogP contribution in [0.3, 0.4) is 0 Å². The lowest BCUT2D eigenvalue weighted by atomic mass is 9.49. The minimum absolute atomic E-state index is 0.0664. The Kier molecular flexibility index (Phi) is 4.80. The van der Waals surface area contributed by atoms with Crippen LogP contribution in [0.5, 0.6) is 0 Å². The first kappa shape index (κ1) is 21.9. The van der Waals surface area contributed by atoms with Crippen molar-refractivity contribution in [1.82, 2.24) is 0 Å². The van der Waals surface area contributed by atoms with Crippen LogP contribution in [0.4, 0.5) is 0 Å². The molecule has 7 aliphatic rings. The smallest absolute Gasteiger partial charge is 0.312 e. The van der Waals surface area contributed by atoms with E-state index in [1.54, 1.807) is 0 Å². The number of ether oxygens (including phenoxy) is 3. The molecule has 182 valence electrons. The molecule has 1 heterocycles. The summed E-state index contributed by atoms with van der Waals surface area (Å²) < 4.78 is 47.6. The van der Waals surface area contributed by atoms with Gasteiger partial charge in [0.05, 0.1) is 11.3 Å². The minimum atomic E-state index is -4.27. The van der Waals surface area contributed by atoms with E-state index < -0.39 is 64.2 Å². The standard InChI is InChI=1S/C22H28O10S/c23-16-10-3-9-4-11(16)8-22(6-9,7-10)21(26)32-18-12-5-13-15(20(25)31-17(13)18)14(12)19(24)30-1-2-33(27,28)29/h9-15,17-18,20,25H,1-8H2,(H,27,28,29). The van der Waals surface area contributed by atoms with Crippen LogP contribution >= 0.6 is 0 Å². The van der Waals surface area contributed by atoms with Crippen LogP contribution in [0.1, 0.15) is 38.5 Å². The Morgan fingerprint density at radius 3 is 2.45 bits per heavy atom. The zero-order valence-electron chi connectivity index (χ0n) is 18.0. The maximum atomic E-state index is 13.5. The molecule has 0 radical (unpaired) electrons. The normalized spacial score (nSPS) is 49.0. The van der Waals surface area contributed by atoms with Crippen molar-refractivity contribution in [3.63, 3.8) is 0 Å². The first-order valence-corrected chi connectivity index (χ1v) is 13.4. The van der Waals surface area contributed by atoms with E-state index in [9.17, 15) is 27.9 Å². The Morgan fingerprint density at radius 1 is 1.09 bits per heavy atom. The highest BCUT2D eigenvalue weighted by Crippen LogP contribution is 2.62. The summed E-state index contributed by atoms with van der Waals surface area (Å²) in [4.78, 5) is 38.8. The number of ketones is 1. The van der Waals surface area contributed by atoms with Crippen LogP contribution in [-0.4, -0.2) is 66.7 Å². The van der Waals surface area contributed by atoms with Crippen molar-refractivity contribution in [1.29, 1.82) is 0 Å². The molecule has 9 unspecified atom stereocenters. The number of hydrogen-bond donors (Lipinski definition) is 2. The molecule has 0 aromatic carbocycles. The van der Waals surface area contributed by atoms with E-state index in [2.05, 4.69) is 0 Å². The number of carbonyl (C=O) groups excluding carboxylic acids is 3. The van der Waals surface area contributed by atoms with Gasteiger partial charge in [-0.2, -0.15) is 8.42 Å². The van der Waals surface area contributed by atoms with Gasteiger partial charge >= 0.3 is 11.9 Å². The van der Waals surface area contributed by atoms with Gasteiger partial charge in [-0.25, -0.2) is 0 Å². The Labute approximate surface area is 191 Å². The Balaban J connectivity index is 1.19. The number of aliphatic hydroxyl groups excluding tert-OH is 1. The summed E-state index contributed by atoms with van der Waals surface area (Å²) in [6, 6.07) is 0. The summed E-state index contributed by atoms with van der Waals surface area (Å²) >= 11 is 0. The van der Waals surface area contributed by atoms with Crippen molar-refractivity contribution in [2.45, 2.75) is 57.0 Å². The Morgan fingerprint density at radius 2 is 1.79 bits per heavy atom. The number of rotatable bonds is 6. The molecule has 1 aliphatic heterocycles. The molecule has 0 amide bonds. The third-order valence-corrected chi connectivity index (χ3v) is 9.92. The van der Waals surface area contributed by atoms with Gasteiger partial charge in [-0.1, -0.05) is 0 Å². The SMILES string of the molecule is O=C1C2CC3CC1CC(C(=O)OC1C4CC5C1OC(O)C5C4C(=O)OCCS(=O)(=O)O)(C3)C2. The van der Waals surface area contributed by atoms with E-state index in [0.717, 1.165) is 19.3 Å². The first-order valence-electron chi connectivity index (χ1n) is 11.8. The van der Waals surface area contributed by atoms with Crippen LogP contribution in [0.15, 0.2) is 0 Å².